The summed E-state index contributed by atoms with van der Waals surface area (Å²) < 4.78 is 18.1. The monoisotopic (exact) mass is 674 g/mol. The van der Waals surface area contributed by atoms with Crippen LogP contribution >= 0.6 is 0 Å². The summed E-state index contributed by atoms with van der Waals surface area (Å²) in [5.74, 6) is 0.308. The van der Waals surface area contributed by atoms with E-state index in [4.69, 9.17) is 19.2 Å². The number of ether oxygens (including phenoxy) is 3. The number of rotatable bonds is 5. The fraction of sp³-hybridized carbons (Fsp3) is 0.159. The number of fused-ring (bicyclic) bond motifs is 4. The third kappa shape index (κ3) is 5.70. The van der Waals surface area contributed by atoms with Gasteiger partial charge in [-0.05, 0) is 96.6 Å². The molecule has 254 valence electrons. The van der Waals surface area contributed by atoms with Crippen LogP contribution in [0.4, 0.5) is 11.4 Å². The van der Waals surface area contributed by atoms with Gasteiger partial charge in [-0.1, -0.05) is 86.6 Å². The summed E-state index contributed by atoms with van der Waals surface area (Å²) in [5.41, 5.74) is 4.70. The van der Waals surface area contributed by atoms with Crippen molar-refractivity contribution in [2.75, 3.05) is 11.9 Å². The van der Waals surface area contributed by atoms with E-state index < -0.39 is 17.7 Å². The number of hydrogen-bond acceptors (Lipinski definition) is 7. The smallest absolute Gasteiger partial charge is 0.344 e. The predicted molar refractivity (Wildman–Crippen MR) is 203 cm³/mol. The third-order valence-corrected chi connectivity index (χ3v) is 9.66. The minimum Gasteiger partial charge on any atom is -0.459 e. The van der Waals surface area contributed by atoms with E-state index in [0.717, 1.165) is 22.2 Å². The second-order valence-corrected chi connectivity index (χ2v) is 12.8. The molecule has 6 aromatic carbocycles. The number of anilines is 1. The van der Waals surface area contributed by atoms with Gasteiger partial charge < -0.3 is 19.1 Å². The van der Waals surface area contributed by atoms with Crippen LogP contribution < -0.4 is 19.1 Å². The third-order valence-electron chi connectivity index (χ3n) is 9.66. The lowest BCUT2D eigenvalue weighted by Gasteiger charge is -2.45. The Bertz CT molecular complexity index is 2280. The van der Waals surface area contributed by atoms with Gasteiger partial charge in [0.15, 0.2) is 0 Å². The van der Waals surface area contributed by atoms with Crippen molar-refractivity contribution in [3.63, 3.8) is 0 Å². The van der Waals surface area contributed by atoms with Crippen molar-refractivity contribution in [3.8, 4) is 28.4 Å². The molecule has 2 aliphatic rings. The van der Waals surface area contributed by atoms with Crippen molar-refractivity contribution in [2.45, 2.75) is 38.8 Å². The number of nitrogens with zero attached hydrogens (tertiary/aromatic N) is 2. The second-order valence-electron chi connectivity index (χ2n) is 12.8. The first-order valence-electron chi connectivity index (χ1n) is 17.1. The highest BCUT2D eigenvalue weighted by molar-refractivity contribution is 6.10. The molecule has 0 aromatic heterocycles. The molecule has 51 heavy (non-hydrogen) atoms. The molecule has 2 aliphatic heterocycles. The first-order chi connectivity index (χ1) is 24.7. The molecular weight excluding hydrogens is 636 g/mol. The van der Waals surface area contributed by atoms with Gasteiger partial charge in [0.25, 0.3) is 0 Å². The van der Waals surface area contributed by atoms with Crippen molar-refractivity contribution < 1.29 is 23.8 Å². The van der Waals surface area contributed by atoms with Crippen LogP contribution in [-0.2, 0) is 5.41 Å². The van der Waals surface area contributed by atoms with Crippen LogP contribution in [0.5, 0.6) is 17.2 Å². The maximum atomic E-state index is 13.4. The van der Waals surface area contributed by atoms with E-state index in [2.05, 4.69) is 30.9 Å². The Labute approximate surface area is 297 Å². The van der Waals surface area contributed by atoms with Crippen LogP contribution in [0.3, 0.4) is 0 Å². The van der Waals surface area contributed by atoms with Crippen LogP contribution in [0.2, 0.25) is 0 Å². The van der Waals surface area contributed by atoms with E-state index in [0.29, 0.717) is 39.4 Å². The van der Waals surface area contributed by atoms with Crippen molar-refractivity contribution in [2.24, 2.45) is 4.99 Å². The Kier molecular flexibility index (Phi) is 8.65. The summed E-state index contributed by atoms with van der Waals surface area (Å²) in [4.78, 5) is 33.3. The molecule has 0 radical (unpaired) electrons. The molecule has 1 spiro atoms. The molecular formula is C44H38N2O5. The Morgan fingerprint density at radius 2 is 1.27 bits per heavy atom. The van der Waals surface area contributed by atoms with Crippen LogP contribution in [0, 0.1) is 0 Å². The van der Waals surface area contributed by atoms with Gasteiger partial charge in [-0.15, -0.1) is 0 Å². The fourth-order valence-corrected chi connectivity index (χ4v) is 6.92. The quantitative estimate of drug-likeness (QED) is 0.134. The molecule has 0 N–H and O–H groups in total. The molecule has 0 amide bonds. The number of para-hydroxylation sites is 1. The summed E-state index contributed by atoms with van der Waals surface area (Å²) >= 11 is 0. The van der Waals surface area contributed by atoms with Gasteiger partial charge in [0, 0.05) is 18.1 Å². The Balaban J connectivity index is 0.00000200. The number of hydrogen-bond donors (Lipinski definition) is 0. The number of benzene rings is 6. The summed E-state index contributed by atoms with van der Waals surface area (Å²) in [6, 6.07) is 41.1. The zero-order valence-corrected chi connectivity index (χ0v) is 29.2. The molecule has 1 unspecified atom stereocenters. The minimum absolute atomic E-state index is 0.321. The van der Waals surface area contributed by atoms with Gasteiger partial charge >= 0.3 is 11.9 Å². The molecule has 2 heterocycles. The molecule has 0 aliphatic carbocycles. The van der Waals surface area contributed by atoms with Crippen LogP contribution in [0.1, 0.15) is 54.0 Å². The highest BCUT2D eigenvalue weighted by Crippen LogP contribution is 2.54. The molecule has 8 rings (SSSR count). The lowest BCUT2D eigenvalue weighted by molar-refractivity contribution is 0.0720. The van der Waals surface area contributed by atoms with Gasteiger partial charge in [-0.3, -0.25) is 4.99 Å². The first-order valence-corrected chi connectivity index (χ1v) is 17.1. The van der Waals surface area contributed by atoms with Crippen LogP contribution in [0.15, 0.2) is 138 Å². The van der Waals surface area contributed by atoms with E-state index in [1.54, 1.807) is 42.5 Å². The van der Waals surface area contributed by atoms with Crippen LogP contribution in [-0.4, -0.2) is 30.9 Å². The average molecular weight is 675 g/mol. The number of esters is 2. The molecule has 0 saturated heterocycles. The van der Waals surface area contributed by atoms with Gasteiger partial charge in [0.05, 0.1) is 22.8 Å². The maximum absolute atomic E-state index is 13.4. The van der Waals surface area contributed by atoms with Crippen molar-refractivity contribution in [3.05, 3.63) is 150 Å². The Morgan fingerprint density at radius 1 is 0.647 bits per heavy atom. The summed E-state index contributed by atoms with van der Waals surface area (Å²) in [6.45, 7) is 8.34. The van der Waals surface area contributed by atoms with Crippen LogP contribution in [0.25, 0.3) is 21.9 Å². The summed E-state index contributed by atoms with van der Waals surface area (Å²) in [6.07, 6.45) is 1.88. The largest absolute Gasteiger partial charge is 0.459 e. The molecule has 0 bridgehead atoms. The van der Waals surface area contributed by atoms with Crippen molar-refractivity contribution in [1.29, 1.82) is 0 Å². The topological polar surface area (TPSA) is 77.4 Å². The predicted octanol–water partition coefficient (Wildman–Crippen LogP) is 10.2. The average Bonchev–Trinajstić information content (AvgIpc) is 3.33. The number of carbonyl (C=O) groups is 2. The SMILES string of the molecule is CC.CN1c2ccccc2C(C)(C)C12C=Nc1c(ccc3c(C(=O)Oc4ccc(OC(=O)c5ccc(-c6ccccc6)cc5)cc4)cccc13)O2. The van der Waals surface area contributed by atoms with Gasteiger partial charge in [0.1, 0.15) is 22.9 Å². The number of likely N-dealkylation sites (N-methyl/N-ethyl adjacent to an activating group) is 1. The number of carbonyl (C=O) groups excluding carboxylic acids is 2. The maximum Gasteiger partial charge on any atom is 0.344 e. The minimum atomic E-state index is -0.804. The lowest BCUT2D eigenvalue weighted by Crippen LogP contribution is -2.61. The lowest BCUT2D eigenvalue weighted by atomic mass is 9.77. The van der Waals surface area contributed by atoms with E-state index in [-0.39, 0.29) is 5.41 Å². The number of aliphatic imine (C=N–C) groups is 1. The van der Waals surface area contributed by atoms with Gasteiger partial charge in [-0.25, -0.2) is 9.59 Å². The Hall–Kier alpha value is -6.21. The highest BCUT2D eigenvalue weighted by Gasteiger charge is 2.58. The van der Waals surface area contributed by atoms with E-state index in [9.17, 15) is 9.59 Å². The molecule has 0 saturated carbocycles. The fourth-order valence-electron chi connectivity index (χ4n) is 6.92. The van der Waals surface area contributed by atoms with Gasteiger partial charge in [0.2, 0.25) is 5.72 Å². The molecule has 7 nitrogen and oxygen atoms in total. The molecule has 6 aromatic rings. The molecule has 7 heteroatoms. The first kappa shape index (κ1) is 33.3. The standard InChI is InChI=1S/C42H32N2O5.C2H6/c1-41(2)35-14-7-8-15-36(35)44(3)42(41)26-43-38-33-12-9-13-34(32(33)24-25-37(38)49-42)40(46)48-31-22-20-30(21-23-31)47-39(45)29-18-16-28(17-19-29)27-10-5-4-6-11-27;1-2/h4-26H,1-3H3;1-2H3. The van der Waals surface area contributed by atoms with Crippen molar-refractivity contribution in [1.82, 2.24) is 0 Å². The summed E-state index contributed by atoms with van der Waals surface area (Å²) in [7, 11) is 2.03. The van der Waals surface area contributed by atoms with E-state index >= 15 is 0 Å². The van der Waals surface area contributed by atoms with E-state index in [1.807, 2.05) is 106 Å². The molecule has 0 fully saturated rings. The normalized spacial score (nSPS) is 16.4. The zero-order chi connectivity index (χ0) is 35.8. The summed E-state index contributed by atoms with van der Waals surface area (Å²) in [5, 5.41) is 1.49. The molecule has 1 atom stereocenters. The van der Waals surface area contributed by atoms with Gasteiger partial charge in [-0.2, -0.15) is 0 Å². The Morgan fingerprint density at radius 3 is 1.96 bits per heavy atom. The second kappa shape index (κ2) is 13.2. The zero-order valence-electron chi connectivity index (χ0n) is 29.2. The van der Waals surface area contributed by atoms with Crippen molar-refractivity contribution >= 4 is 40.3 Å². The van der Waals surface area contributed by atoms with E-state index in [1.165, 1.54) is 5.56 Å². The highest BCUT2D eigenvalue weighted by atomic mass is 16.5.